The fourth-order valence-electron chi connectivity index (χ4n) is 2.93. The molecule has 0 bridgehead atoms. The molecule has 0 saturated heterocycles. The first-order chi connectivity index (χ1) is 14.0. The minimum Gasteiger partial charge on any atom is -0.444 e. The Hall–Kier alpha value is -2.98. The quantitative estimate of drug-likeness (QED) is 0.302. The molecular formula is C24H32N4O2. The highest BCUT2D eigenvalue weighted by Gasteiger charge is 2.23. The summed E-state index contributed by atoms with van der Waals surface area (Å²) in [4.78, 5) is 17.3. The van der Waals surface area contributed by atoms with Crippen LogP contribution in [-0.2, 0) is 29.8 Å². The summed E-state index contributed by atoms with van der Waals surface area (Å²) >= 11 is 0. The highest BCUT2D eigenvalue weighted by molar-refractivity contribution is 5.68. The Balaban J connectivity index is 2.20. The molecule has 2 rings (SSSR count). The summed E-state index contributed by atoms with van der Waals surface area (Å²) in [6.07, 6.45) is -0.347. The molecule has 2 aromatic rings. The molecule has 1 amide bonds. The number of rotatable bonds is 6. The highest BCUT2D eigenvalue weighted by atomic mass is 16.6. The van der Waals surface area contributed by atoms with Crippen molar-refractivity contribution in [3.8, 4) is 0 Å². The molecule has 0 saturated carbocycles. The van der Waals surface area contributed by atoms with E-state index in [1.165, 1.54) is 5.56 Å². The lowest BCUT2D eigenvalue weighted by molar-refractivity contribution is 0.0216. The summed E-state index contributed by atoms with van der Waals surface area (Å²) in [6, 6.07) is 16.1. The number of carbonyl (C=O) groups is 1. The number of hydrogen-bond acceptors (Lipinski definition) is 3. The maximum Gasteiger partial charge on any atom is 0.410 e. The van der Waals surface area contributed by atoms with Gasteiger partial charge in [0.05, 0.1) is 6.54 Å². The van der Waals surface area contributed by atoms with Gasteiger partial charge in [-0.15, -0.1) is 0 Å². The first-order valence-corrected chi connectivity index (χ1v) is 10.1. The first kappa shape index (κ1) is 23.3. The van der Waals surface area contributed by atoms with Crippen LogP contribution in [0.1, 0.15) is 63.8 Å². The lowest BCUT2D eigenvalue weighted by Gasteiger charge is -2.28. The molecule has 2 aromatic carbocycles. The summed E-state index contributed by atoms with van der Waals surface area (Å²) in [5.74, 6) is 0. The van der Waals surface area contributed by atoms with Crippen LogP contribution < -0.4 is 0 Å². The molecule has 160 valence electrons. The smallest absolute Gasteiger partial charge is 0.410 e. The molecule has 30 heavy (non-hydrogen) atoms. The van der Waals surface area contributed by atoms with Crippen molar-refractivity contribution in [2.75, 3.05) is 0 Å². The lowest BCUT2D eigenvalue weighted by Crippen LogP contribution is -2.36. The van der Waals surface area contributed by atoms with E-state index in [4.69, 9.17) is 10.3 Å². The topological polar surface area (TPSA) is 78.3 Å². The Morgan fingerprint density at radius 2 is 1.37 bits per heavy atom. The van der Waals surface area contributed by atoms with Crippen LogP contribution in [0.25, 0.3) is 10.4 Å². The maximum absolute atomic E-state index is 12.9. The summed E-state index contributed by atoms with van der Waals surface area (Å²) in [6.45, 7) is 13.3. The van der Waals surface area contributed by atoms with Crippen LogP contribution in [0.3, 0.4) is 0 Å². The van der Waals surface area contributed by atoms with Crippen molar-refractivity contribution in [1.82, 2.24) is 4.90 Å². The fourth-order valence-corrected chi connectivity index (χ4v) is 2.93. The Bertz CT molecular complexity index is 885. The maximum atomic E-state index is 12.9. The molecule has 0 aromatic heterocycles. The van der Waals surface area contributed by atoms with Crippen molar-refractivity contribution < 1.29 is 9.53 Å². The molecule has 0 N–H and O–H groups in total. The van der Waals surface area contributed by atoms with Gasteiger partial charge in [-0.2, -0.15) is 0 Å². The van der Waals surface area contributed by atoms with Crippen LogP contribution in [0.15, 0.2) is 53.6 Å². The number of amides is 1. The third-order valence-electron chi connectivity index (χ3n) is 4.56. The Morgan fingerprint density at radius 3 is 1.80 bits per heavy atom. The molecule has 0 fully saturated rings. The van der Waals surface area contributed by atoms with Crippen molar-refractivity contribution in [3.63, 3.8) is 0 Å². The zero-order valence-electron chi connectivity index (χ0n) is 18.8. The van der Waals surface area contributed by atoms with Crippen molar-refractivity contribution in [2.45, 2.75) is 72.2 Å². The van der Waals surface area contributed by atoms with E-state index in [-0.39, 0.29) is 11.5 Å². The molecule has 0 heterocycles. The van der Waals surface area contributed by atoms with Crippen molar-refractivity contribution in [3.05, 3.63) is 81.2 Å². The molecule has 0 atom stereocenters. The first-order valence-electron chi connectivity index (χ1n) is 10.1. The molecule has 6 heteroatoms. The predicted molar refractivity (Wildman–Crippen MR) is 120 cm³/mol. The Labute approximate surface area is 179 Å². The third-order valence-corrected chi connectivity index (χ3v) is 4.56. The van der Waals surface area contributed by atoms with Gasteiger partial charge in [-0.05, 0) is 54.0 Å². The van der Waals surface area contributed by atoms with Gasteiger partial charge in [0.2, 0.25) is 0 Å². The second-order valence-electron chi connectivity index (χ2n) is 9.49. The normalized spacial score (nSPS) is 11.5. The molecule has 0 aliphatic heterocycles. The molecule has 0 spiro atoms. The van der Waals surface area contributed by atoms with E-state index in [0.717, 1.165) is 16.7 Å². The number of nitrogens with zero attached hydrogens (tertiary/aromatic N) is 4. The molecule has 0 aliphatic rings. The van der Waals surface area contributed by atoms with Gasteiger partial charge in [-0.3, -0.25) is 4.90 Å². The van der Waals surface area contributed by atoms with E-state index in [1.54, 1.807) is 4.90 Å². The number of carbonyl (C=O) groups excluding carboxylic acids is 1. The second kappa shape index (κ2) is 9.68. The van der Waals surface area contributed by atoms with E-state index in [1.807, 2.05) is 45.0 Å². The van der Waals surface area contributed by atoms with Crippen LogP contribution in [0.4, 0.5) is 4.79 Å². The number of hydrogen-bond donors (Lipinski definition) is 0. The molecular weight excluding hydrogens is 376 g/mol. The van der Waals surface area contributed by atoms with Gasteiger partial charge in [-0.1, -0.05) is 74.4 Å². The molecule has 0 aliphatic carbocycles. The number of ether oxygens (including phenoxy) is 1. The summed E-state index contributed by atoms with van der Waals surface area (Å²) < 4.78 is 5.63. The standard InChI is InChI=1S/C24H32N4O2/c1-23(2,3)21-13-11-20(12-14-21)17-28(22(29)30-24(4,5)6)16-19-9-7-18(8-10-19)15-26-27-25/h7-14H,15-17H2,1-6H3. The third kappa shape index (κ3) is 7.45. The average Bonchev–Trinajstić information content (AvgIpc) is 2.65. The van der Waals surface area contributed by atoms with Crippen LogP contribution in [-0.4, -0.2) is 16.6 Å². The minimum atomic E-state index is -0.565. The van der Waals surface area contributed by atoms with E-state index in [2.05, 4.69) is 55.1 Å². The Kier molecular flexibility index (Phi) is 7.52. The van der Waals surface area contributed by atoms with Gasteiger partial charge in [0.25, 0.3) is 0 Å². The number of azide groups is 1. The lowest BCUT2D eigenvalue weighted by atomic mass is 9.87. The predicted octanol–water partition coefficient (Wildman–Crippen LogP) is 6.73. The molecule has 0 radical (unpaired) electrons. The van der Waals surface area contributed by atoms with Gasteiger partial charge < -0.3 is 4.74 Å². The van der Waals surface area contributed by atoms with E-state index in [0.29, 0.717) is 19.6 Å². The van der Waals surface area contributed by atoms with Gasteiger partial charge in [0.15, 0.2) is 0 Å². The zero-order valence-corrected chi connectivity index (χ0v) is 18.8. The van der Waals surface area contributed by atoms with Gasteiger partial charge in [-0.25, -0.2) is 4.79 Å². The largest absolute Gasteiger partial charge is 0.444 e. The van der Waals surface area contributed by atoms with Crippen LogP contribution in [0.2, 0.25) is 0 Å². The van der Waals surface area contributed by atoms with Crippen molar-refractivity contribution in [2.24, 2.45) is 5.11 Å². The zero-order chi connectivity index (χ0) is 22.4. The Morgan fingerprint density at radius 1 is 0.900 bits per heavy atom. The van der Waals surface area contributed by atoms with Crippen molar-refractivity contribution in [1.29, 1.82) is 0 Å². The van der Waals surface area contributed by atoms with Gasteiger partial charge in [0, 0.05) is 18.0 Å². The fraction of sp³-hybridized carbons (Fsp3) is 0.458. The van der Waals surface area contributed by atoms with E-state index in [9.17, 15) is 4.79 Å². The van der Waals surface area contributed by atoms with E-state index >= 15 is 0 Å². The van der Waals surface area contributed by atoms with Gasteiger partial charge in [0.1, 0.15) is 5.60 Å². The highest BCUT2D eigenvalue weighted by Crippen LogP contribution is 2.23. The summed E-state index contributed by atoms with van der Waals surface area (Å²) in [5, 5.41) is 3.58. The molecule has 6 nitrogen and oxygen atoms in total. The van der Waals surface area contributed by atoms with Crippen LogP contribution in [0.5, 0.6) is 0 Å². The molecule has 0 unspecified atom stereocenters. The minimum absolute atomic E-state index is 0.0840. The monoisotopic (exact) mass is 408 g/mol. The SMILES string of the molecule is CC(C)(C)OC(=O)N(Cc1ccc(CN=[N+]=[N-])cc1)Cc1ccc(C(C)(C)C)cc1. The summed E-state index contributed by atoms with van der Waals surface area (Å²) in [5.41, 5.74) is 12.2. The van der Waals surface area contributed by atoms with Crippen LogP contribution in [0, 0.1) is 0 Å². The average molecular weight is 409 g/mol. The number of benzene rings is 2. The van der Waals surface area contributed by atoms with Crippen LogP contribution >= 0.6 is 0 Å². The van der Waals surface area contributed by atoms with Crippen molar-refractivity contribution >= 4 is 6.09 Å². The second-order valence-corrected chi connectivity index (χ2v) is 9.49. The van der Waals surface area contributed by atoms with E-state index < -0.39 is 5.60 Å². The van der Waals surface area contributed by atoms with Gasteiger partial charge >= 0.3 is 6.09 Å². The summed E-state index contributed by atoms with van der Waals surface area (Å²) in [7, 11) is 0.